The number of hydrogen-bond donors (Lipinski definition) is 1. The number of aromatic nitrogens is 4. The molecule has 0 saturated carbocycles. The molecule has 0 radical (unpaired) electrons. The molecular formula is C27H28Cl2N6O3. The zero-order chi connectivity index (χ0) is 27.0. The lowest BCUT2D eigenvalue weighted by Gasteiger charge is -2.34. The first-order valence-electron chi connectivity index (χ1n) is 12.3. The van der Waals surface area contributed by atoms with Crippen LogP contribution in [-0.2, 0) is 4.74 Å². The fraction of sp³-hybridized carbons (Fsp3) is 0.333. The molecule has 1 saturated heterocycles. The number of nitrogens with two attached hydrogens (primary N) is 1. The van der Waals surface area contributed by atoms with Crippen molar-refractivity contribution in [2.24, 2.45) is 0 Å². The summed E-state index contributed by atoms with van der Waals surface area (Å²) in [6, 6.07) is 9.33. The van der Waals surface area contributed by atoms with Gasteiger partial charge in [-0.25, -0.2) is 9.78 Å². The van der Waals surface area contributed by atoms with E-state index in [2.05, 4.69) is 25.9 Å². The minimum absolute atomic E-state index is 0.198. The Labute approximate surface area is 230 Å². The van der Waals surface area contributed by atoms with Gasteiger partial charge < -0.3 is 24.4 Å². The highest BCUT2D eigenvalue weighted by Crippen LogP contribution is 2.37. The highest BCUT2D eigenvalue weighted by Gasteiger charge is 2.27. The second-order valence-electron chi connectivity index (χ2n) is 10.2. The predicted molar refractivity (Wildman–Crippen MR) is 147 cm³/mol. The van der Waals surface area contributed by atoms with Crippen molar-refractivity contribution >= 4 is 35.1 Å². The summed E-state index contributed by atoms with van der Waals surface area (Å²) in [6.45, 7) is 6.93. The average molecular weight is 555 g/mol. The Balaban J connectivity index is 1.32. The van der Waals surface area contributed by atoms with Gasteiger partial charge in [0, 0.05) is 48.8 Å². The lowest BCUT2D eigenvalue weighted by molar-refractivity contribution is 0.0188. The number of anilines is 1. The molecule has 11 heteroatoms. The summed E-state index contributed by atoms with van der Waals surface area (Å²) in [5.41, 5.74) is 8.48. The quantitative estimate of drug-likeness (QED) is 0.297. The van der Waals surface area contributed by atoms with Gasteiger partial charge in [-0.1, -0.05) is 29.3 Å². The van der Waals surface area contributed by atoms with Crippen LogP contribution >= 0.6 is 23.2 Å². The molecule has 1 fully saturated rings. The first-order chi connectivity index (χ1) is 18.1. The van der Waals surface area contributed by atoms with Gasteiger partial charge in [-0.3, -0.25) is 0 Å². The molecule has 1 aliphatic heterocycles. The number of benzene rings is 1. The third kappa shape index (κ3) is 5.49. The molecule has 0 aliphatic carbocycles. The Morgan fingerprint density at radius 3 is 2.45 bits per heavy atom. The Morgan fingerprint density at radius 2 is 1.76 bits per heavy atom. The highest BCUT2D eigenvalue weighted by atomic mass is 35.5. The molecule has 0 atom stereocenters. The van der Waals surface area contributed by atoms with Gasteiger partial charge in [-0.05, 0) is 57.9 Å². The van der Waals surface area contributed by atoms with Crippen molar-refractivity contribution in [3.63, 3.8) is 0 Å². The highest BCUT2D eigenvalue weighted by molar-refractivity contribution is 6.38. The number of nitrogen functional groups attached to an aromatic ring is 1. The average Bonchev–Trinajstić information content (AvgIpc) is 3.54. The number of pyridine rings is 1. The maximum Gasteiger partial charge on any atom is 0.410 e. The van der Waals surface area contributed by atoms with Gasteiger partial charge in [0.25, 0.3) is 11.8 Å². The third-order valence-corrected chi connectivity index (χ3v) is 6.97. The Bertz CT molecular complexity index is 1450. The number of hydrogen-bond acceptors (Lipinski definition) is 7. The second kappa shape index (κ2) is 10.3. The van der Waals surface area contributed by atoms with Crippen LogP contribution in [0, 0.1) is 0 Å². The number of rotatable bonds is 4. The minimum Gasteiger partial charge on any atom is -0.444 e. The van der Waals surface area contributed by atoms with E-state index in [4.69, 9.17) is 38.1 Å². The maximum absolute atomic E-state index is 12.4. The molecule has 5 rings (SSSR count). The van der Waals surface area contributed by atoms with Crippen molar-refractivity contribution in [3.05, 3.63) is 59.0 Å². The minimum atomic E-state index is -0.500. The Hall–Kier alpha value is -3.56. The van der Waals surface area contributed by atoms with Gasteiger partial charge in [0.05, 0.1) is 21.2 Å². The van der Waals surface area contributed by atoms with E-state index in [1.807, 2.05) is 39.1 Å². The molecule has 1 aromatic carbocycles. The predicted octanol–water partition coefficient (Wildman–Crippen LogP) is 6.73. The zero-order valence-corrected chi connectivity index (χ0v) is 22.8. The summed E-state index contributed by atoms with van der Waals surface area (Å²) >= 11 is 12.6. The van der Waals surface area contributed by atoms with Crippen molar-refractivity contribution in [3.8, 4) is 34.0 Å². The van der Waals surface area contributed by atoms with Crippen LogP contribution < -0.4 is 5.73 Å². The van der Waals surface area contributed by atoms with Crippen LogP contribution in [0.2, 0.25) is 10.0 Å². The van der Waals surface area contributed by atoms with Crippen molar-refractivity contribution in [1.82, 2.24) is 24.6 Å². The summed E-state index contributed by atoms with van der Waals surface area (Å²) in [6.07, 6.45) is 7.26. The standard InChI is InChI=1S/C27H28Cl2N6O3/c1-27(2,3)38-26(36)34-11-8-18(9-12-34)35-10-7-16(15-35)17-13-19(23(30)31-14-17)24-32-33-25(37-24)22-20(28)5-4-6-21(22)29/h4-7,10,13-15,18H,8-9,11-12H2,1-3H3,(H2,30,31). The summed E-state index contributed by atoms with van der Waals surface area (Å²) in [7, 11) is 0. The SMILES string of the molecule is CC(C)(C)OC(=O)N1CCC(n2ccc(-c3cnc(N)c(-c4nnc(-c5c(Cl)cccc5Cl)o4)c3)c2)CC1. The van der Waals surface area contributed by atoms with Gasteiger partial charge in [-0.2, -0.15) is 0 Å². The molecule has 1 aliphatic rings. The number of piperidine rings is 1. The second-order valence-corrected chi connectivity index (χ2v) is 11.0. The van der Waals surface area contributed by atoms with Gasteiger partial charge in [-0.15, -0.1) is 10.2 Å². The van der Waals surface area contributed by atoms with Crippen LogP contribution in [0.1, 0.15) is 39.7 Å². The summed E-state index contributed by atoms with van der Waals surface area (Å²) in [4.78, 5) is 18.5. The topological polar surface area (TPSA) is 112 Å². The molecule has 0 bridgehead atoms. The third-order valence-electron chi connectivity index (χ3n) is 6.34. The number of halogens is 2. The van der Waals surface area contributed by atoms with E-state index in [1.54, 1.807) is 29.3 Å². The molecule has 0 unspecified atom stereocenters. The Morgan fingerprint density at radius 1 is 1.08 bits per heavy atom. The largest absolute Gasteiger partial charge is 0.444 e. The first-order valence-corrected chi connectivity index (χ1v) is 13.0. The van der Waals surface area contributed by atoms with Gasteiger partial charge in [0.2, 0.25) is 0 Å². The molecule has 3 aromatic heterocycles. The van der Waals surface area contributed by atoms with Crippen LogP contribution in [0.15, 0.2) is 53.3 Å². The Kier molecular flexibility index (Phi) is 7.07. The summed E-state index contributed by atoms with van der Waals surface area (Å²) in [5.74, 6) is 0.684. The van der Waals surface area contributed by atoms with E-state index >= 15 is 0 Å². The number of carbonyl (C=O) groups excluding carboxylic acids is 1. The monoisotopic (exact) mass is 554 g/mol. The van der Waals surface area contributed by atoms with E-state index in [9.17, 15) is 4.79 Å². The lowest BCUT2D eigenvalue weighted by Crippen LogP contribution is -2.42. The van der Waals surface area contributed by atoms with Crippen LogP contribution in [0.4, 0.5) is 10.6 Å². The molecular weight excluding hydrogens is 527 g/mol. The summed E-state index contributed by atoms with van der Waals surface area (Å²) in [5, 5.41) is 9.10. The molecule has 198 valence electrons. The molecule has 0 spiro atoms. The molecule has 9 nitrogen and oxygen atoms in total. The van der Waals surface area contributed by atoms with E-state index in [1.165, 1.54) is 0 Å². The molecule has 4 heterocycles. The van der Waals surface area contributed by atoms with Crippen LogP contribution in [0.5, 0.6) is 0 Å². The van der Waals surface area contributed by atoms with Crippen molar-refractivity contribution in [2.45, 2.75) is 45.3 Å². The number of ether oxygens (including phenoxy) is 1. The van der Waals surface area contributed by atoms with Crippen molar-refractivity contribution in [1.29, 1.82) is 0 Å². The number of nitrogens with zero attached hydrogens (tertiary/aromatic N) is 5. The van der Waals surface area contributed by atoms with E-state index < -0.39 is 5.60 Å². The maximum atomic E-state index is 12.4. The van der Waals surface area contributed by atoms with E-state index in [-0.39, 0.29) is 29.7 Å². The lowest BCUT2D eigenvalue weighted by atomic mass is 10.1. The first kappa shape index (κ1) is 26.1. The smallest absolute Gasteiger partial charge is 0.410 e. The van der Waals surface area contributed by atoms with Crippen LogP contribution in [0.25, 0.3) is 34.0 Å². The molecule has 4 aromatic rings. The fourth-order valence-corrected chi connectivity index (χ4v) is 4.98. The zero-order valence-electron chi connectivity index (χ0n) is 21.3. The summed E-state index contributed by atoms with van der Waals surface area (Å²) < 4.78 is 13.6. The molecule has 1 amide bonds. The number of carbonyl (C=O) groups is 1. The fourth-order valence-electron chi connectivity index (χ4n) is 4.42. The van der Waals surface area contributed by atoms with Gasteiger partial charge >= 0.3 is 6.09 Å². The van der Waals surface area contributed by atoms with Gasteiger partial charge in [0.15, 0.2) is 0 Å². The normalized spacial score (nSPS) is 14.6. The van der Waals surface area contributed by atoms with Crippen molar-refractivity contribution < 1.29 is 13.9 Å². The molecule has 38 heavy (non-hydrogen) atoms. The van der Waals surface area contributed by atoms with Crippen molar-refractivity contribution in [2.75, 3.05) is 18.8 Å². The van der Waals surface area contributed by atoms with Crippen LogP contribution in [0.3, 0.4) is 0 Å². The van der Waals surface area contributed by atoms with E-state index in [0.29, 0.717) is 34.3 Å². The van der Waals surface area contributed by atoms with E-state index in [0.717, 1.165) is 24.0 Å². The van der Waals surface area contributed by atoms with Crippen LogP contribution in [-0.4, -0.2) is 49.4 Å². The number of likely N-dealkylation sites (tertiary alicyclic amines) is 1. The molecule has 2 N–H and O–H groups in total. The van der Waals surface area contributed by atoms with Gasteiger partial charge in [0.1, 0.15) is 11.4 Å². The number of amides is 1.